The second kappa shape index (κ2) is 8.06. The van der Waals surface area contributed by atoms with Gasteiger partial charge in [-0.3, -0.25) is 4.79 Å². The van der Waals surface area contributed by atoms with E-state index >= 15 is 0 Å². The molecule has 1 atom stereocenters. The van der Waals surface area contributed by atoms with Crippen molar-refractivity contribution in [2.75, 3.05) is 24.3 Å². The molecule has 0 radical (unpaired) electrons. The molecular weight excluding hydrogens is 374 g/mol. The summed E-state index contributed by atoms with van der Waals surface area (Å²) >= 11 is 1.68. The van der Waals surface area contributed by atoms with E-state index in [9.17, 15) is 4.79 Å². The van der Waals surface area contributed by atoms with Crippen molar-refractivity contribution in [3.8, 4) is 17.1 Å². The van der Waals surface area contributed by atoms with Crippen LogP contribution in [0.4, 0.5) is 5.69 Å². The van der Waals surface area contributed by atoms with Gasteiger partial charge in [-0.2, -0.15) is 4.98 Å². The summed E-state index contributed by atoms with van der Waals surface area (Å²) in [6.45, 7) is 3.03. The van der Waals surface area contributed by atoms with Gasteiger partial charge in [-0.25, -0.2) is 0 Å². The molecule has 7 heteroatoms. The van der Waals surface area contributed by atoms with Gasteiger partial charge in [0.2, 0.25) is 17.6 Å². The van der Waals surface area contributed by atoms with Crippen LogP contribution in [0.5, 0.6) is 5.75 Å². The number of carbonyl (C=O) groups is 1. The maximum Gasteiger partial charge on any atom is 0.232 e. The Morgan fingerprint density at radius 1 is 1.21 bits per heavy atom. The van der Waals surface area contributed by atoms with Crippen molar-refractivity contribution in [3.63, 3.8) is 0 Å². The summed E-state index contributed by atoms with van der Waals surface area (Å²) in [6.07, 6.45) is 2.39. The Morgan fingerprint density at radius 2 is 2.00 bits per heavy atom. The molecule has 2 aromatic carbocycles. The summed E-state index contributed by atoms with van der Waals surface area (Å²) in [5, 5.41) is 4.12. The Labute approximate surface area is 167 Å². The molecule has 0 spiro atoms. The lowest BCUT2D eigenvalue weighted by Crippen LogP contribution is -2.24. The van der Waals surface area contributed by atoms with E-state index in [4.69, 9.17) is 9.26 Å². The predicted octanol–water partition coefficient (Wildman–Crippen LogP) is 4.38. The molecule has 28 heavy (non-hydrogen) atoms. The number of hydrogen-bond acceptors (Lipinski definition) is 6. The molecule has 1 fully saturated rings. The number of hydrogen-bond donors (Lipinski definition) is 0. The summed E-state index contributed by atoms with van der Waals surface area (Å²) in [6, 6.07) is 15.6. The van der Waals surface area contributed by atoms with Gasteiger partial charge in [0.1, 0.15) is 5.75 Å². The number of amides is 1. The maximum atomic E-state index is 12.5. The van der Waals surface area contributed by atoms with Crippen LogP contribution in [0.1, 0.15) is 25.2 Å². The van der Waals surface area contributed by atoms with Crippen molar-refractivity contribution in [1.82, 2.24) is 10.1 Å². The summed E-state index contributed by atoms with van der Waals surface area (Å²) < 4.78 is 11.2. The molecule has 2 heterocycles. The third kappa shape index (κ3) is 3.62. The molecule has 3 aromatic rings. The number of rotatable bonds is 6. The van der Waals surface area contributed by atoms with Crippen LogP contribution >= 0.6 is 11.8 Å². The molecule has 0 aliphatic carbocycles. The van der Waals surface area contributed by atoms with Crippen LogP contribution in [0, 0.1) is 0 Å². The predicted molar refractivity (Wildman–Crippen MR) is 109 cm³/mol. The van der Waals surface area contributed by atoms with Crippen molar-refractivity contribution < 1.29 is 14.1 Å². The van der Waals surface area contributed by atoms with Crippen LogP contribution < -0.4 is 9.64 Å². The van der Waals surface area contributed by atoms with Gasteiger partial charge < -0.3 is 14.2 Å². The number of anilines is 1. The fraction of sp³-hybridized carbons (Fsp3) is 0.286. The van der Waals surface area contributed by atoms with E-state index < -0.39 is 0 Å². The number of nitrogens with zero attached hydrogens (tertiary/aromatic N) is 3. The lowest BCUT2D eigenvalue weighted by atomic mass is 10.1. The van der Waals surface area contributed by atoms with E-state index in [0.29, 0.717) is 31.3 Å². The smallest absolute Gasteiger partial charge is 0.232 e. The molecular formula is C21H21N3O3S. The minimum Gasteiger partial charge on any atom is -0.493 e. The standard InChI is InChI=1S/C21H21N3O3S/c1-3-26-18-7-5-4-6-17(18)20-22-21(27-23-20)14-12-19(25)24(13-14)15-8-10-16(28-2)11-9-15/h4-11,14H,3,12-13H2,1-2H3. The first kappa shape index (κ1) is 18.6. The highest BCUT2D eigenvalue weighted by atomic mass is 32.2. The molecule has 1 unspecified atom stereocenters. The number of thioether (sulfide) groups is 1. The molecule has 0 saturated carbocycles. The van der Waals surface area contributed by atoms with Crippen LogP contribution in [-0.4, -0.2) is 35.5 Å². The highest BCUT2D eigenvalue weighted by Crippen LogP contribution is 2.34. The maximum absolute atomic E-state index is 12.5. The zero-order chi connectivity index (χ0) is 19.5. The number of para-hydroxylation sites is 1. The summed E-state index contributed by atoms with van der Waals surface area (Å²) in [5.74, 6) is 1.63. The van der Waals surface area contributed by atoms with Gasteiger partial charge in [-0.1, -0.05) is 17.3 Å². The van der Waals surface area contributed by atoms with Crippen molar-refractivity contribution in [1.29, 1.82) is 0 Å². The summed E-state index contributed by atoms with van der Waals surface area (Å²) in [5.41, 5.74) is 1.68. The molecule has 144 valence electrons. The zero-order valence-electron chi connectivity index (χ0n) is 15.8. The van der Waals surface area contributed by atoms with Crippen molar-refractivity contribution in [3.05, 3.63) is 54.4 Å². The molecule has 1 aliphatic heterocycles. The fourth-order valence-electron chi connectivity index (χ4n) is 3.33. The highest BCUT2D eigenvalue weighted by Gasteiger charge is 2.35. The monoisotopic (exact) mass is 395 g/mol. The minimum atomic E-state index is -0.117. The van der Waals surface area contributed by atoms with Gasteiger partial charge in [0.25, 0.3) is 0 Å². The molecule has 1 aromatic heterocycles. The van der Waals surface area contributed by atoms with Gasteiger partial charge in [0.05, 0.1) is 18.1 Å². The van der Waals surface area contributed by atoms with E-state index in [0.717, 1.165) is 17.0 Å². The molecule has 1 aliphatic rings. The van der Waals surface area contributed by atoms with Crippen LogP contribution in [0.15, 0.2) is 57.9 Å². The first-order valence-electron chi connectivity index (χ1n) is 9.19. The number of ether oxygens (including phenoxy) is 1. The number of carbonyl (C=O) groups excluding carboxylic acids is 1. The Kier molecular flexibility index (Phi) is 5.34. The molecule has 0 bridgehead atoms. The summed E-state index contributed by atoms with van der Waals surface area (Å²) in [7, 11) is 0. The quantitative estimate of drug-likeness (QED) is 0.577. The van der Waals surface area contributed by atoms with Crippen molar-refractivity contribution in [2.24, 2.45) is 0 Å². The molecule has 1 saturated heterocycles. The molecule has 4 rings (SSSR count). The average molecular weight is 395 g/mol. The molecule has 6 nitrogen and oxygen atoms in total. The second-order valence-electron chi connectivity index (χ2n) is 6.49. The van der Waals surface area contributed by atoms with Gasteiger partial charge in [-0.05, 0) is 49.6 Å². The van der Waals surface area contributed by atoms with Crippen LogP contribution in [0.3, 0.4) is 0 Å². The van der Waals surface area contributed by atoms with Crippen LogP contribution in [0.25, 0.3) is 11.4 Å². The Hall–Kier alpha value is -2.80. The van der Waals surface area contributed by atoms with Crippen molar-refractivity contribution >= 4 is 23.4 Å². The Morgan fingerprint density at radius 3 is 2.75 bits per heavy atom. The SMILES string of the molecule is CCOc1ccccc1-c1noc(C2CC(=O)N(c3ccc(SC)cc3)C2)n1. The third-order valence-corrected chi connectivity index (χ3v) is 5.47. The Bertz CT molecular complexity index is 971. The number of benzene rings is 2. The highest BCUT2D eigenvalue weighted by molar-refractivity contribution is 7.98. The third-order valence-electron chi connectivity index (χ3n) is 4.73. The van der Waals surface area contributed by atoms with E-state index in [1.165, 1.54) is 4.90 Å². The first-order valence-corrected chi connectivity index (χ1v) is 10.4. The fourth-order valence-corrected chi connectivity index (χ4v) is 3.74. The van der Waals surface area contributed by atoms with Crippen LogP contribution in [-0.2, 0) is 4.79 Å². The topological polar surface area (TPSA) is 68.5 Å². The van der Waals surface area contributed by atoms with E-state index in [-0.39, 0.29) is 11.8 Å². The van der Waals surface area contributed by atoms with Gasteiger partial charge in [-0.15, -0.1) is 11.8 Å². The molecule has 1 amide bonds. The average Bonchev–Trinajstić information content (AvgIpc) is 3.36. The summed E-state index contributed by atoms with van der Waals surface area (Å²) in [4.78, 5) is 20.0. The minimum absolute atomic E-state index is 0.0661. The lowest BCUT2D eigenvalue weighted by Gasteiger charge is -2.16. The van der Waals surface area contributed by atoms with E-state index in [1.54, 1.807) is 16.7 Å². The van der Waals surface area contributed by atoms with Crippen molar-refractivity contribution in [2.45, 2.75) is 24.2 Å². The van der Waals surface area contributed by atoms with Gasteiger partial charge >= 0.3 is 0 Å². The largest absolute Gasteiger partial charge is 0.493 e. The second-order valence-corrected chi connectivity index (χ2v) is 7.37. The Balaban J connectivity index is 1.54. The van der Waals surface area contributed by atoms with Gasteiger partial charge in [0.15, 0.2) is 0 Å². The molecule has 0 N–H and O–H groups in total. The normalized spacial score (nSPS) is 16.6. The van der Waals surface area contributed by atoms with Gasteiger partial charge in [0, 0.05) is 23.5 Å². The van der Waals surface area contributed by atoms with Crippen LogP contribution in [0.2, 0.25) is 0 Å². The van der Waals surface area contributed by atoms with E-state index in [2.05, 4.69) is 10.1 Å². The zero-order valence-corrected chi connectivity index (χ0v) is 16.6. The van der Waals surface area contributed by atoms with E-state index in [1.807, 2.05) is 61.7 Å². The number of aromatic nitrogens is 2. The lowest BCUT2D eigenvalue weighted by molar-refractivity contribution is -0.117. The first-order chi connectivity index (χ1) is 13.7.